The second-order valence-corrected chi connectivity index (χ2v) is 3.98. The average Bonchev–Trinajstić information content (AvgIpc) is 2.37. The van der Waals surface area contributed by atoms with Crippen LogP contribution < -0.4 is 10.1 Å². The van der Waals surface area contributed by atoms with Gasteiger partial charge in [-0.05, 0) is 31.7 Å². The van der Waals surface area contributed by atoms with Gasteiger partial charge in [-0.25, -0.2) is 0 Å². The van der Waals surface area contributed by atoms with Crippen LogP contribution in [0.25, 0.3) is 0 Å². The fourth-order valence-electron chi connectivity index (χ4n) is 1.60. The van der Waals surface area contributed by atoms with Gasteiger partial charge in [-0.3, -0.25) is 4.79 Å². The zero-order valence-corrected chi connectivity index (χ0v) is 12.1. The van der Waals surface area contributed by atoms with Gasteiger partial charge in [0, 0.05) is 7.05 Å². The standard InChI is InChI=1S/C13H20N2O2.ClH/c1-10(15(3)13(16)9-14-2)11-5-7-12(17-4)8-6-11;/h5-8,10,14H,9H2,1-4H3;1H. The lowest BCUT2D eigenvalue weighted by Gasteiger charge is -2.25. The van der Waals surface area contributed by atoms with E-state index in [9.17, 15) is 4.79 Å². The molecule has 0 aliphatic rings. The number of rotatable bonds is 5. The molecule has 4 nitrogen and oxygen atoms in total. The molecule has 0 saturated carbocycles. The normalized spacial score (nSPS) is 11.3. The molecule has 102 valence electrons. The summed E-state index contributed by atoms with van der Waals surface area (Å²) in [6, 6.07) is 7.82. The van der Waals surface area contributed by atoms with Crippen molar-refractivity contribution in [3.05, 3.63) is 29.8 Å². The number of nitrogens with zero attached hydrogens (tertiary/aromatic N) is 1. The lowest BCUT2D eigenvalue weighted by Crippen LogP contribution is -2.35. The summed E-state index contributed by atoms with van der Waals surface area (Å²) in [6.07, 6.45) is 0. The predicted molar refractivity (Wildman–Crippen MR) is 75.4 cm³/mol. The predicted octanol–water partition coefficient (Wildman–Crippen LogP) is 1.86. The van der Waals surface area contributed by atoms with Gasteiger partial charge in [-0.1, -0.05) is 12.1 Å². The number of nitrogens with one attached hydrogen (secondary N) is 1. The van der Waals surface area contributed by atoms with Crippen molar-refractivity contribution in [2.75, 3.05) is 27.7 Å². The van der Waals surface area contributed by atoms with Crippen molar-refractivity contribution in [1.82, 2.24) is 10.2 Å². The van der Waals surface area contributed by atoms with E-state index in [0.717, 1.165) is 11.3 Å². The molecule has 1 N–H and O–H groups in total. The number of carbonyl (C=O) groups is 1. The number of benzene rings is 1. The molecule has 0 bridgehead atoms. The maximum absolute atomic E-state index is 11.7. The monoisotopic (exact) mass is 272 g/mol. The van der Waals surface area contributed by atoms with Gasteiger partial charge in [0.15, 0.2) is 0 Å². The fourth-order valence-corrected chi connectivity index (χ4v) is 1.60. The summed E-state index contributed by atoms with van der Waals surface area (Å²) in [5.74, 6) is 0.904. The summed E-state index contributed by atoms with van der Waals surface area (Å²) in [6.45, 7) is 2.37. The Bertz CT molecular complexity index is 368. The van der Waals surface area contributed by atoms with Crippen molar-refractivity contribution in [3.63, 3.8) is 0 Å². The van der Waals surface area contributed by atoms with Crippen LogP contribution in [-0.4, -0.2) is 38.6 Å². The number of hydrogen-bond acceptors (Lipinski definition) is 3. The molecule has 1 aromatic rings. The Kier molecular flexibility index (Phi) is 7.39. The summed E-state index contributed by atoms with van der Waals surface area (Å²) in [5.41, 5.74) is 1.10. The second-order valence-electron chi connectivity index (χ2n) is 3.98. The van der Waals surface area contributed by atoms with E-state index in [2.05, 4.69) is 5.32 Å². The van der Waals surface area contributed by atoms with E-state index in [-0.39, 0.29) is 24.4 Å². The molecule has 1 atom stereocenters. The summed E-state index contributed by atoms with van der Waals surface area (Å²) >= 11 is 0. The van der Waals surface area contributed by atoms with Crippen LogP contribution in [0.2, 0.25) is 0 Å². The highest BCUT2D eigenvalue weighted by Crippen LogP contribution is 2.21. The Morgan fingerprint density at radius 2 is 1.94 bits per heavy atom. The highest BCUT2D eigenvalue weighted by molar-refractivity contribution is 5.85. The first-order valence-corrected chi connectivity index (χ1v) is 5.64. The van der Waals surface area contributed by atoms with Gasteiger partial charge in [-0.2, -0.15) is 0 Å². The van der Waals surface area contributed by atoms with Gasteiger partial charge in [0.25, 0.3) is 0 Å². The Hall–Kier alpha value is -1.26. The third-order valence-corrected chi connectivity index (χ3v) is 2.90. The molecule has 5 heteroatoms. The maximum Gasteiger partial charge on any atom is 0.236 e. The van der Waals surface area contributed by atoms with Gasteiger partial charge >= 0.3 is 0 Å². The van der Waals surface area contributed by atoms with Crippen molar-refractivity contribution in [3.8, 4) is 5.75 Å². The van der Waals surface area contributed by atoms with Crippen LogP contribution in [0, 0.1) is 0 Å². The van der Waals surface area contributed by atoms with Gasteiger partial charge in [-0.15, -0.1) is 12.4 Å². The van der Waals surface area contributed by atoms with Crippen LogP contribution in [0.15, 0.2) is 24.3 Å². The maximum atomic E-state index is 11.7. The Morgan fingerprint density at radius 3 is 2.39 bits per heavy atom. The van der Waals surface area contributed by atoms with Gasteiger partial charge < -0.3 is 15.0 Å². The molecular weight excluding hydrogens is 252 g/mol. The van der Waals surface area contributed by atoms with Crippen molar-refractivity contribution in [1.29, 1.82) is 0 Å². The minimum absolute atomic E-state index is 0. The molecule has 0 aliphatic heterocycles. The lowest BCUT2D eigenvalue weighted by molar-refractivity contribution is -0.130. The van der Waals surface area contributed by atoms with Gasteiger partial charge in [0.1, 0.15) is 5.75 Å². The number of amides is 1. The molecule has 0 saturated heterocycles. The summed E-state index contributed by atoms with van der Waals surface area (Å²) in [4.78, 5) is 13.5. The quantitative estimate of drug-likeness (QED) is 0.890. The van der Waals surface area contributed by atoms with Crippen molar-refractivity contribution < 1.29 is 9.53 Å². The van der Waals surface area contributed by atoms with E-state index in [0.29, 0.717) is 6.54 Å². The Balaban J connectivity index is 0.00000289. The molecule has 0 aliphatic carbocycles. The first-order valence-electron chi connectivity index (χ1n) is 5.64. The smallest absolute Gasteiger partial charge is 0.236 e. The number of halogens is 1. The summed E-state index contributed by atoms with van der Waals surface area (Å²) in [7, 11) is 5.22. The van der Waals surface area contributed by atoms with Crippen LogP contribution in [0.5, 0.6) is 5.75 Å². The molecule has 1 amide bonds. The highest BCUT2D eigenvalue weighted by Gasteiger charge is 2.16. The fraction of sp³-hybridized carbons (Fsp3) is 0.462. The molecule has 1 rings (SSSR count). The third-order valence-electron chi connectivity index (χ3n) is 2.90. The topological polar surface area (TPSA) is 41.6 Å². The van der Waals surface area contributed by atoms with E-state index in [1.807, 2.05) is 38.2 Å². The SMILES string of the molecule is CNCC(=O)N(C)C(C)c1ccc(OC)cc1.Cl. The van der Waals surface area contributed by atoms with E-state index in [1.165, 1.54) is 0 Å². The van der Waals surface area contributed by atoms with Crippen LogP contribution >= 0.6 is 12.4 Å². The Labute approximate surface area is 115 Å². The van der Waals surface area contributed by atoms with Crippen molar-refractivity contribution in [2.45, 2.75) is 13.0 Å². The number of ether oxygens (including phenoxy) is 1. The van der Waals surface area contributed by atoms with Crippen molar-refractivity contribution in [2.24, 2.45) is 0 Å². The average molecular weight is 273 g/mol. The van der Waals surface area contributed by atoms with E-state index in [1.54, 1.807) is 19.1 Å². The molecule has 1 aromatic carbocycles. The molecule has 0 fully saturated rings. The molecule has 0 radical (unpaired) electrons. The van der Waals surface area contributed by atoms with E-state index in [4.69, 9.17) is 4.74 Å². The highest BCUT2D eigenvalue weighted by atomic mass is 35.5. The van der Waals surface area contributed by atoms with Crippen LogP contribution in [0.4, 0.5) is 0 Å². The van der Waals surface area contributed by atoms with Crippen LogP contribution in [0.3, 0.4) is 0 Å². The third kappa shape index (κ3) is 4.20. The molecule has 0 aromatic heterocycles. The summed E-state index contributed by atoms with van der Waals surface area (Å²) in [5, 5.41) is 2.86. The van der Waals surface area contributed by atoms with E-state index < -0.39 is 0 Å². The number of carbonyl (C=O) groups excluding carboxylic acids is 1. The molecule has 0 spiro atoms. The van der Waals surface area contributed by atoms with E-state index >= 15 is 0 Å². The molecule has 1 unspecified atom stereocenters. The number of methoxy groups -OCH3 is 1. The zero-order valence-electron chi connectivity index (χ0n) is 11.3. The van der Waals surface area contributed by atoms with Crippen LogP contribution in [0.1, 0.15) is 18.5 Å². The first-order chi connectivity index (χ1) is 8.10. The lowest BCUT2D eigenvalue weighted by atomic mass is 10.1. The molecular formula is C13H21ClN2O2. The van der Waals surface area contributed by atoms with Crippen LogP contribution in [-0.2, 0) is 4.79 Å². The summed E-state index contributed by atoms with van der Waals surface area (Å²) < 4.78 is 5.10. The first kappa shape index (κ1) is 16.7. The van der Waals surface area contributed by atoms with Crippen molar-refractivity contribution >= 4 is 18.3 Å². The molecule has 0 heterocycles. The minimum atomic E-state index is 0. The van der Waals surface area contributed by atoms with Gasteiger partial charge in [0.05, 0.1) is 19.7 Å². The zero-order chi connectivity index (χ0) is 12.8. The van der Waals surface area contributed by atoms with Gasteiger partial charge in [0.2, 0.25) is 5.91 Å². The largest absolute Gasteiger partial charge is 0.497 e. The number of likely N-dealkylation sites (N-methyl/N-ethyl adjacent to an activating group) is 2. The second kappa shape index (κ2) is 7.95. The molecule has 18 heavy (non-hydrogen) atoms. The number of hydrogen-bond donors (Lipinski definition) is 1. The minimum Gasteiger partial charge on any atom is -0.497 e. The Morgan fingerprint density at radius 1 is 1.39 bits per heavy atom.